The SMILES string of the molecule is CC(Br)c1c(C(F)(F)F)nn(C)c1OCC(F)(F)F.CC(Sc1ncc(Cl)s1)c1c(C(F)(F)F)nn(C)c1OCC(F)(F)F.CS(=O)(=O)c1ncc(Cl)s1. The third kappa shape index (κ3) is 14.7. The molecule has 29 heteroatoms. The molecule has 0 saturated heterocycles. The van der Waals surface area contributed by atoms with Crippen LogP contribution in [0.2, 0.25) is 8.67 Å². The second-order valence-electron chi connectivity index (χ2n) is 10.2. The first-order valence-electron chi connectivity index (χ1n) is 13.7. The van der Waals surface area contributed by atoms with E-state index in [4.69, 9.17) is 23.2 Å². The maximum Gasteiger partial charge on any atom is 0.435 e. The summed E-state index contributed by atoms with van der Waals surface area (Å²) >= 11 is 17.0. The second-order valence-corrected chi connectivity index (χ2v) is 18.7. The zero-order valence-corrected chi connectivity index (χ0v) is 33.7. The van der Waals surface area contributed by atoms with E-state index in [1.807, 2.05) is 0 Å². The lowest BCUT2D eigenvalue weighted by Crippen LogP contribution is -2.21. The van der Waals surface area contributed by atoms with Crippen molar-refractivity contribution in [2.45, 2.75) is 57.3 Å². The molecule has 4 heterocycles. The van der Waals surface area contributed by atoms with Gasteiger partial charge in [0, 0.05) is 30.4 Å². The van der Waals surface area contributed by atoms with Gasteiger partial charge in [-0.3, -0.25) is 0 Å². The Kier molecular flexibility index (Phi) is 16.3. The Labute approximate surface area is 328 Å². The van der Waals surface area contributed by atoms with E-state index in [0.717, 1.165) is 54.8 Å². The van der Waals surface area contributed by atoms with Crippen LogP contribution in [-0.4, -0.2) is 69.8 Å². The first-order chi connectivity index (χ1) is 24.3. The number of aromatic nitrogens is 6. The molecular formula is C25H23BrCl2F12N6O4S4. The number of alkyl halides is 13. The molecule has 0 spiro atoms. The van der Waals surface area contributed by atoms with E-state index in [0.29, 0.717) is 22.4 Å². The van der Waals surface area contributed by atoms with Crippen LogP contribution in [0.15, 0.2) is 21.1 Å². The summed E-state index contributed by atoms with van der Waals surface area (Å²) in [6.45, 7) is -0.673. The summed E-state index contributed by atoms with van der Waals surface area (Å²) < 4.78 is 184. The Morgan fingerprint density at radius 3 is 1.50 bits per heavy atom. The van der Waals surface area contributed by atoms with E-state index in [1.54, 1.807) is 0 Å². The van der Waals surface area contributed by atoms with Gasteiger partial charge < -0.3 is 9.47 Å². The van der Waals surface area contributed by atoms with Gasteiger partial charge in [-0.1, -0.05) is 73.6 Å². The van der Waals surface area contributed by atoms with E-state index in [2.05, 4.69) is 45.6 Å². The van der Waals surface area contributed by atoms with Gasteiger partial charge in [-0.05, 0) is 13.8 Å². The van der Waals surface area contributed by atoms with Crippen molar-refractivity contribution in [3.8, 4) is 11.8 Å². The summed E-state index contributed by atoms with van der Waals surface area (Å²) in [5.41, 5.74) is -3.50. The number of thiazole rings is 2. The molecule has 4 rings (SSSR count). The van der Waals surface area contributed by atoms with Crippen LogP contribution in [0.3, 0.4) is 0 Å². The van der Waals surface area contributed by atoms with E-state index < -0.39 is 92.1 Å². The molecule has 0 radical (unpaired) electrons. The molecule has 2 unspecified atom stereocenters. The molecule has 0 fully saturated rings. The molecule has 0 bridgehead atoms. The van der Waals surface area contributed by atoms with Gasteiger partial charge in [0.1, 0.15) is 8.67 Å². The van der Waals surface area contributed by atoms with E-state index in [1.165, 1.54) is 26.2 Å². The van der Waals surface area contributed by atoms with Crippen LogP contribution < -0.4 is 9.47 Å². The fourth-order valence-electron chi connectivity index (χ4n) is 3.75. The fourth-order valence-corrected chi connectivity index (χ4v) is 8.49. The Morgan fingerprint density at radius 1 is 0.778 bits per heavy atom. The first-order valence-corrected chi connectivity index (χ1v) is 19.8. The third-order valence-corrected chi connectivity index (χ3v) is 11.3. The topological polar surface area (TPSA) is 114 Å². The molecule has 4 aromatic heterocycles. The number of rotatable bonds is 9. The summed E-state index contributed by atoms with van der Waals surface area (Å²) in [6, 6.07) is 0. The highest BCUT2D eigenvalue weighted by atomic mass is 79.9. The Bertz CT molecular complexity index is 1960. The predicted molar refractivity (Wildman–Crippen MR) is 178 cm³/mol. The molecule has 10 nitrogen and oxygen atoms in total. The molecule has 306 valence electrons. The van der Waals surface area contributed by atoms with Crippen molar-refractivity contribution in [1.29, 1.82) is 0 Å². The van der Waals surface area contributed by atoms with Crippen molar-refractivity contribution >= 4 is 83.4 Å². The van der Waals surface area contributed by atoms with Crippen LogP contribution in [-0.2, 0) is 36.3 Å². The minimum atomic E-state index is -4.84. The van der Waals surface area contributed by atoms with Crippen LogP contribution in [0.1, 0.15) is 46.4 Å². The standard InChI is InChI=1S/C12H10ClF6N3OS2.C9H9BrF6N2O.C4H4ClNO2S2/c1-5(24-10-20-3-6(13)25-10)7-8(12(17,18)19)21-22(2)9(7)23-4-11(14,15)16;1-4(10)5-6(9(14,15)16)17-18(2)7(5)19-3-8(11,12)13;1-10(7,8)4-6-2-3(5)9-4/h3,5H,4H2,1-2H3;4H,3H2,1-2H3;2H,1H3. The van der Waals surface area contributed by atoms with Crippen LogP contribution in [0.25, 0.3) is 0 Å². The van der Waals surface area contributed by atoms with Crippen molar-refractivity contribution < 1.29 is 70.6 Å². The minimum Gasteiger partial charge on any atom is -0.468 e. The molecule has 0 amide bonds. The first kappa shape index (κ1) is 48.0. The molecular weight excluding hydrogens is 955 g/mol. The van der Waals surface area contributed by atoms with Crippen LogP contribution in [0.5, 0.6) is 11.8 Å². The minimum absolute atomic E-state index is 0.0671. The number of sulfone groups is 1. The number of halogens is 15. The summed E-state index contributed by atoms with van der Waals surface area (Å²) in [5.74, 6) is -1.15. The Hall–Kier alpha value is -2.20. The molecule has 0 saturated carbocycles. The number of aryl methyl sites for hydroxylation is 2. The highest BCUT2D eigenvalue weighted by Crippen LogP contribution is 2.47. The monoisotopic (exact) mass is 976 g/mol. The smallest absolute Gasteiger partial charge is 0.435 e. The quantitative estimate of drug-likeness (QED) is 0.0919. The summed E-state index contributed by atoms with van der Waals surface area (Å²) in [5, 5.41) is 5.55. The van der Waals surface area contributed by atoms with Gasteiger partial charge in [0.05, 0.1) is 23.5 Å². The van der Waals surface area contributed by atoms with Gasteiger partial charge in [0.2, 0.25) is 25.9 Å². The maximum absolute atomic E-state index is 13.2. The number of ether oxygens (including phenoxy) is 2. The molecule has 54 heavy (non-hydrogen) atoms. The van der Waals surface area contributed by atoms with Crippen molar-refractivity contribution in [1.82, 2.24) is 29.5 Å². The highest BCUT2D eigenvalue weighted by molar-refractivity contribution is 9.09. The average Bonchev–Trinajstić information content (AvgIpc) is 3.75. The van der Waals surface area contributed by atoms with Gasteiger partial charge in [-0.2, -0.15) is 62.9 Å². The normalized spacial score (nSPS) is 13.8. The van der Waals surface area contributed by atoms with Crippen molar-refractivity contribution in [2.24, 2.45) is 14.1 Å². The summed E-state index contributed by atoms with van der Waals surface area (Å²) in [6.07, 6.45) is -15.2. The van der Waals surface area contributed by atoms with E-state index in [9.17, 15) is 61.1 Å². The van der Waals surface area contributed by atoms with Crippen LogP contribution in [0.4, 0.5) is 52.7 Å². The average molecular weight is 979 g/mol. The number of hydrogen-bond donors (Lipinski definition) is 0. The number of nitrogens with zero attached hydrogens (tertiary/aromatic N) is 6. The van der Waals surface area contributed by atoms with Crippen LogP contribution >= 0.6 is 73.6 Å². The molecule has 2 atom stereocenters. The highest BCUT2D eigenvalue weighted by Gasteiger charge is 2.43. The van der Waals surface area contributed by atoms with Gasteiger partial charge in [0.25, 0.3) is 0 Å². The van der Waals surface area contributed by atoms with Gasteiger partial charge in [-0.15, -0.1) is 0 Å². The molecule has 0 aliphatic rings. The van der Waals surface area contributed by atoms with Crippen molar-refractivity contribution in [2.75, 3.05) is 19.5 Å². The van der Waals surface area contributed by atoms with E-state index >= 15 is 0 Å². The van der Waals surface area contributed by atoms with Gasteiger partial charge >= 0.3 is 24.7 Å². The Morgan fingerprint density at radius 2 is 1.19 bits per heavy atom. The zero-order valence-electron chi connectivity index (χ0n) is 27.3. The molecule has 0 N–H and O–H groups in total. The lowest BCUT2D eigenvalue weighted by Gasteiger charge is -2.15. The third-order valence-electron chi connectivity index (χ3n) is 5.65. The predicted octanol–water partition coefficient (Wildman–Crippen LogP) is 10.4. The van der Waals surface area contributed by atoms with Crippen molar-refractivity contribution in [3.05, 3.63) is 43.6 Å². The van der Waals surface area contributed by atoms with Crippen molar-refractivity contribution in [3.63, 3.8) is 0 Å². The molecule has 0 aromatic carbocycles. The number of hydrogen-bond acceptors (Lipinski definition) is 11. The second kappa shape index (κ2) is 18.4. The Balaban J connectivity index is 0.000000306. The molecule has 0 aliphatic heterocycles. The number of thioether (sulfide) groups is 1. The molecule has 4 aromatic rings. The maximum atomic E-state index is 13.2. The largest absolute Gasteiger partial charge is 0.468 e. The van der Waals surface area contributed by atoms with Crippen LogP contribution in [0, 0.1) is 0 Å². The molecule has 0 aliphatic carbocycles. The van der Waals surface area contributed by atoms with E-state index in [-0.39, 0.29) is 4.34 Å². The van der Waals surface area contributed by atoms with Gasteiger partial charge in [-0.25, -0.2) is 27.7 Å². The summed E-state index contributed by atoms with van der Waals surface area (Å²) in [4.78, 5) is 6.64. The summed E-state index contributed by atoms with van der Waals surface area (Å²) in [7, 11) is -0.990. The zero-order chi connectivity index (χ0) is 41.8. The fraction of sp³-hybridized carbons (Fsp3) is 0.520. The lowest BCUT2D eigenvalue weighted by atomic mass is 10.2. The van der Waals surface area contributed by atoms with Gasteiger partial charge in [0.15, 0.2) is 28.9 Å². The lowest BCUT2D eigenvalue weighted by molar-refractivity contribution is -0.155.